The van der Waals surface area contributed by atoms with Gasteiger partial charge in [-0.15, -0.1) is 0 Å². The van der Waals surface area contributed by atoms with E-state index < -0.39 is 0 Å². The zero-order chi connectivity index (χ0) is 29.3. The van der Waals surface area contributed by atoms with Crippen LogP contribution in [-0.4, -0.2) is 18.0 Å². The monoisotopic (exact) mass is 560 g/mol. The van der Waals surface area contributed by atoms with E-state index in [1.165, 1.54) is 50.2 Å². The second-order valence-electron chi connectivity index (χ2n) is 12.5. The molecule has 4 heteroatoms. The summed E-state index contributed by atoms with van der Waals surface area (Å²) in [5.74, 6) is 1.14. The number of rotatable bonds is 3. The summed E-state index contributed by atoms with van der Waals surface area (Å²) in [6, 6.07) is 38.9. The minimum atomic E-state index is -0.205. The van der Waals surface area contributed by atoms with Crippen molar-refractivity contribution in [3.63, 3.8) is 0 Å². The summed E-state index contributed by atoms with van der Waals surface area (Å²) in [6.07, 6.45) is 6.87. The lowest BCUT2D eigenvalue weighted by molar-refractivity contribution is 0.219. The van der Waals surface area contributed by atoms with Gasteiger partial charge in [0.25, 0.3) is 0 Å². The van der Waals surface area contributed by atoms with Crippen molar-refractivity contribution in [1.82, 2.24) is 10.2 Å². The maximum atomic E-state index is 7.24. The highest BCUT2D eigenvalue weighted by Crippen LogP contribution is 2.58. The quantitative estimate of drug-likeness (QED) is 0.270. The Kier molecular flexibility index (Phi) is 5.87. The molecule has 4 aromatic carbocycles. The molecule has 8 rings (SSSR count). The van der Waals surface area contributed by atoms with Crippen molar-refractivity contribution in [3.05, 3.63) is 172 Å². The van der Waals surface area contributed by atoms with Crippen molar-refractivity contribution >= 4 is 17.3 Å². The number of nitrogens with two attached hydrogens (primary N) is 1. The van der Waals surface area contributed by atoms with Crippen LogP contribution < -0.4 is 16.0 Å². The molecule has 4 aliphatic rings. The van der Waals surface area contributed by atoms with Gasteiger partial charge >= 0.3 is 0 Å². The zero-order valence-electron chi connectivity index (χ0n) is 24.8. The standard InChI is InChI=1S/C39H36N4/c1-39(2)30-20-12-11-19-28(30)34-35(39)37-29(36(34)40)23-22-26-16-10-13-21-32(26)43(37)33-24-31(25-14-6-4-7-15-25)41-38(42(33)3)27-17-8-5-9-18-27/h4-24,31,36,38,41H,40H2,1-3H3/t31?,36-,38?/m0/s1. The predicted molar refractivity (Wildman–Crippen MR) is 177 cm³/mol. The van der Waals surface area contributed by atoms with Gasteiger partial charge in [0.2, 0.25) is 0 Å². The van der Waals surface area contributed by atoms with Crippen molar-refractivity contribution in [1.29, 1.82) is 0 Å². The summed E-state index contributed by atoms with van der Waals surface area (Å²) in [6.45, 7) is 4.71. The zero-order valence-corrected chi connectivity index (χ0v) is 24.8. The Bertz CT molecular complexity index is 1860. The third-order valence-corrected chi connectivity index (χ3v) is 9.69. The molecule has 3 N–H and O–H groups in total. The molecule has 0 bridgehead atoms. The molecule has 4 aromatic rings. The lowest BCUT2D eigenvalue weighted by Gasteiger charge is -2.45. The van der Waals surface area contributed by atoms with E-state index in [0.717, 1.165) is 11.5 Å². The molecule has 2 unspecified atom stereocenters. The molecule has 0 saturated carbocycles. The molecule has 0 radical (unpaired) electrons. The first kappa shape index (κ1) is 26.0. The summed E-state index contributed by atoms with van der Waals surface area (Å²) in [5.41, 5.74) is 19.4. The van der Waals surface area contributed by atoms with Crippen LogP contribution in [0.1, 0.15) is 53.9 Å². The number of fused-ring (bicyclic) bond motifs is 4. The average Bonchev–Trinajstić information content (AvgIpc) is 3.38. The van der Waals surface area contributed by atoms with Crippen molar-refractivity contribution < 1.29 is 0 Å². The molecule has 0 aromatic heterocycles. The van der Waals surface area contributed by atoms with Gasteiger partial charge < -0.3 is 10.6 Å². The Morgan fingerprint density at radius 3 is 2.16 bits per heavy atom. The van der Waals surface area contributed by atoms with Crippen LogP contribution in [0, 0.1) is 0 Å². The molecular formula is C39H36N4. The molecule has 0 amide bonds. The Balaban J connectivity index is 1.38. The van der Waals surface area contributed by atoms with Crippen LogP contribution in [-0.2, 0) is 5.41 Å². The lowest BCUT2D eigenvalue weighted by Crippen LogP contribution is -2.47. The van der Waals surface area contributed by atoms with Gasteiger partial charge in [-0.3, -0.25) is 10.2 Å². The molecular weight excluding hydrogens is 524 g/mol. The van der Waals surface area contributed by atoms with E-state index in [-0.39, 0.29) is 23.7 Å². The first-order valence-corrected chi connectivity index (χ1v) is 15.2. The molecule has 2 aliphatic carbocycles. The van der Waals surface area contributed by atoms with Gasteiger partial charge in [-0.1, -0.05) is 129 Å². The van der Waals surface area contributed by atoms with Crippen LogP contribution in [0.5, 0.6) is 0 Å². The fraction of sp³-hybridized carbons (Fsp3) is 0.179. The van der Waals surface area contributed by atoms with Gasteiger partial charge in [0.1, 0.15) is 12.0 Å². The van der Waals surface area contributed by atoms with Crippen molar-refractivity contribution in [2.24, 2.45) is 5.73 Å². The molecule has 0 saturated heterocycles. The van der Waals surface area contributed by atoms with Gasteiger partial charge in [0.05, 0.1) is 23.5 Å². The van der Waals surface area contributed by atoms with Crippen LogP contribution >= 0.6 is 0 Å². The molecule has 0 fully saturated rings. The van der Waals surface area contributed by atoms with Crippen molar-refractivity contribution in [2.75, 3.05) is 11.9 Å². The number of benzene rings is 4. The molecule has 3 atom stereocenters. The van der Waals surface area contributed by atoms with E-state index >= 15 is 0 Å². The number of allylic oxidation sites excluding steroid dienone is 1. The summed E-state index contributed by atoms with van der Waals surface area (Å²) in [4.78, 5) is 4.90. The van der Waals surface area contributed by atoms with E-state index in [4.69, 9.17) is 5.73 Å². The number of anilines is 1. The maximum Gasteiger partial charge on any atom is 0.112 e. The Morgan fingerprint density at radius 2 is 1.40 bits per heavy atom. The van der Waals surface area contributed by atoms with E-state index in [9.17, 15) is 0 Å². The first-order chi connectivity index (χ1) is 20.9. The Labute approximate surface area is 254 Å². The lowest BCUT2D eigenvalue weighted by atomic mass is 9.79. The Morgan fingerprint density at radius 1 is 0.744 bits per heavy atom. The van der Waals surface area contributed by atoms with Gasteiger partial charge in [-0.25, -0.2) is 0 Å². The molecule has 2 heterocycles. The fourth-order valence-electron chi connectivity index (χ4n) is 7.63. The number of hydrogen-bond acceptors (Lipinski definition) is 4. The summed E-state index contributed by atoms with van der Waals surface area (Å²) in [5, 5.41) is 3.94. The topological polar surface area (TPSA) is 44.5 Å². The number of hydrogen-bond donors (Lipinski definition) is 2. The van der Waals surface area contributed by atoms with E-state index in [2.05, 4.69) is 163 Å². The van der Waals surface area contributed by atoms with Crippen molar-refractivity contribution in [3.8, 4) is 0 Å². The van der Waals surface area contributed by atoms with Crippen LogP contribution in [0.3, 0.4) is 0 Å². The smallest absolute Gasteiger partial charge is 0.112 e. The van der Waals surface area contributed by atoms with Crippen LogP contribution in [0.2, 0.25) is 0 Å². The number of nitrogens with zero attached hydrogens (tertiary/aromatic N) is 2. The third kappa shape index (κ3) is 3.84. The highest BCUT2D eigenvalue weighted by atomic mass is 15.4. The van der Waals surface area contributed by atoms with Gasteiger partial charge in [0.15, 0.2) is 0 Å². The summed E-state index contributed by atoms with van der Waals surface area (Å²) in [7, 11) is 2.21. The normalized spacial score (nSPS) is 23.4. The van der Waals surface area contributed by atoms with Gasteiger partial charge in [-0.05, 0) is 56.7 Å². The highest BCUT2D eigenvalue weighted by molar-refractivity contribution is 5.96. The summed E-state index contributed by atoms with van der Waals surface area (Å²) < 4.78 is 0. The Hall–Kier alpha value is -4.64. The van der Waals surface area contributed by atoms with Crippen LogP contribution in [0.15, 0.2) is 144 Å². The van der Waals surface area contributed by atoms with Gasteiger partial charge in [-0.2, -0.15) is 0 Å². The average molecular weight is 561 g/mol. The first-order valence-electron chi connectivity index (χ1n) is 15.2. The van der Waals surface area contributed by atoms with Crippen LogP contribution in [0.4, 0.5) is 5.69 Å². The SMILES string of the molecule is CN1C(N2C3=C(C=Cc4ccccc42)[C@H](N)C2=C3C(C)(C)c3ccccc32)=CC(c2ccccc2)NC1c1ccccc1. The molecule has 2 aliphatic heterocycles. The largest absolute Gasteiger partial charge is 0.341 e. The molecule has 0 spiro atoms. The van der Waals surface area contributed by atoms with Crippen LogP contribution in [0.25, 0.3) is 11.6 Å². The highest BCUT2D eigenvalue weighted by Gasteiger charge is 2.49. The van der Waals surface area contributed by atoms with E-state index in [1.54, 1.807) is 0 Å². The minimum Gasteiger partial charge on any atom is -0.341 e. The summed E-state index contributed by atoms with van der Waals surface area (Å²) >= 11 is 0. The molecule has 212 valence electrons. The van der Waals surface area contributed by atoms with Crippen molar-refractivity contribution in [2.45, 2.75) is 37.5 Å². The molecule has 4 nitrogen and oxygen atoms in total. The second kappa shape index (κ2) is 9.70. The predicted octanol–water partition coefficient (Wildman–Crippen LogP) is 7.68. The third-order valence-electron chi connectivity index (χ3n) is 9.69. The second-order valence-corrected chi connectivity index (χ2v) is 12.5. The van der Waals surface area contributed by atoms with E-state index in [1.807, 2.05) is 0 Å². The number of para-hydroxylation sites is 1. The van der Waals surface area contributed by atoms with E-state index in [0.29, 0.717) is 0 Å². The van der Waals surface area contributed by atoms with Gasteiger partial charge in [0, 0.05) is 12.5 Å². The number of nitrogens with one attached hydrogen (secondary N) is 1. The fourth-order valence-corrected chi connectivity index (χ4v) is 7.63. The maximum absolute atomic E-state index is 7.24. The molecule has 43 heavy (non-hydrogen) atoms. The minimum absolute atomic E-state index is 0.0161.